The van der Waals surface area contributed by atoms with Crippen LogP contribution in [0.15, 0.2) is 24.3 Å². The molecule has 7 heteroatoms. The molecule has 1 aliphatic rings. The van der Waals surface area contributed by atoms with E-state index in [4.69, 9.17) is 16.2 Å². The van der Waals surface area contributed by atoms with Crippen LogP contribution in [0.4, 0.5) is 0 Å². The number of nitrogens with two attached hydrogens (primary N) is 1. The number of amides is 1. The number of nitrogen functional groups attached to an aromatic ring is 1. The molecule has 1 aliphatic carbocycles. The summed E-state index contributed by atoms with van der Waals surface area (Å²) in [6.07, 6.45) is 6.41. The fraction of sp³-hybridized carbons (Fsp3) is 0.565. The number of carboxylic acid groups (broad SMARTS) is 1. The van der Waals surface area contributed by atoms with Crippen LogP contribution in [-0.4, -0.2) is 47.1 Å². The van der Waals surface area contributed by atoms with Crippen LogP contribution in [-0.2, 0) is 20.8 Å². The SMILES string of the molecule is CN(CC(=O)CCc1ccc(C(=N)N)cc1)C(=O)[C@H](CCC(=O)O)C1CCCCC1. The fourth-order valence-corrected chi connectivity index (χ4v) is 4.22. The number of amidine groups is 1. The molecule has 164 valence electrons. The highest BCUT2D eigenvalue weighted by atomic mass is 16.4. The number of ketones is 1. The molecule has 0 aromatic heterocycles. The van der Waals surface area contributed by atoms with E-state index in [-0.39, 0.29) is 42.3 Å². The maximum absolute atomic E-state index is 13.0. The Morgan fingerprint density at radius 2 is 1.77 bits per heavy atom. The molecule has 1 amide bonds. The number of nitrogens with one attached hydrogen (secondary N) is 1. The molecule has 1 saturated carbocycles. The maximum atomic E-state index is 13.0. The third-order valence-electron chi connectivity index (χ3n) is 5.95. The molecule has 30 heavy (non-hydrogen) atoms. The highest BCUT2D eigenvalue weighted by Crippen LogP contribution is 2.33. The van der Waals surface area contributed by atoms with Crippen LogP contribution in [0.5, 0.6) is 0 Å². The van der Waals surface area contributed by atoms with Gasteiger partial charge in [-0.25, -0.2) is 0 Å². The van der Waals surface area contributed by atoms with E-state index >= 15 is 0 Å². The summed E-state index contributed by atoms with van der Waals surface area (Å²) in [7, 11) is 1.64. The molecular formula is C23H33N3O4. The minimum absolute atomic E-state index is 0.00758. The van der Waals surface area contributed by atoms with Gasteiger partial charge in [0.25, 0.3) is 0 Å². The Hall–Kier alpha value is -2.70. The normalized spacial score (nSPS) is 15.4. The lowest BCUT2D eigenvalue weighted by atomic mass is 9.77. The lowest BCUT2D eigenvalue weighted by molar-refractivity contribution is -0.141. The number of Topliss-reactive ketones (excluding diaryl/α,β-unsaturated/α-hetero) is 1. The number of likely N-dealkylation sites (N-methyl/N-ethyl adjacent to an activating group) is 1. The number of carbonyl (C=O) groups is 3. The Bertz CT molecular complexity index is 754. The first-order chi connectivity index (χ1) is 14.3. The van der Waals surface area contributed by atoms with Crippen molar-refractivity contribution < 1.29 is 19.5 Å². The van der Waals surface area contributed by atoms with E-state index in [0.717, 1.165) is 37.7 Å². The van der Waals surface area contributed by atoms with Gasteiger partial charge in [0.1, 0.15) is 5.84 Å². The largest absolute Gasteiger partial charge is 0.481 e. The second-order valence-corrected chi connectivity index (χ2v) is 8.28. The predicted octanol–water partition coefficient (Wildman–Crippen LogP) is 2.99. The zero-order valence-electron chi connectivity index (χ0n) is 17.7. The van der Waals surface area contributed by atoms with Crippen LogP contribution in [0.1, 0.15) is 62.5 Å². The monoisotopic (exact) mass is 415 g/mol. The van der Waals surface area contributed by atoms with Crippen molar-refractivity contribution in [1.29, 1.82) is 5.41 Å². The van der Waals surface area contributed by atoms with Crippen LogP contribution in [0.2, 0.25) is 0 Å². The molecule has 4 N–H and O–H groups in total. The number of carbonyl (C=O) groups excluding carboxylic acids is 2. The molecule has 0 radical (unpaired) electrons. The van der Waals surface area contributed by atoms with E-state index in [1.807, 2.05) is 12.1 Å². The second kappa shape index (κ2) is 11.5. The quantitative estimate of drug-likeness (QED) is 0.378. The number of nitrogens with zero attached hydrogens (tertiary/aromatic N) is 1. The molecule has 1 fully saturated rings. The zero-order chi connectivity index (χ0) is 22.1. The van der Waals surface area contributed by atoms with Crippen molar-refractivity contribution in [2.45, 2.75) is 57.8 Å². The number of benzene rings is 1. The fourth-order valence-electron chi connectivity index (χ4n) is 4.22. The van der Waals surface area contributed by atoms with Gasteiger partial charge in [-0.3, -0.25) is 19.8 Å². The number of aryl methyl sites for hydroxylation is 1. The molecule has 1 aromatic rings. The molecule has 0 spiro atoms. The van der Waals surface area contributed by atoms with Crippen molar-refractivity contribution in [3.63, 3.8) is 0 Å². The lowest BCUT2D eigenvalue weighted by Gasteiger charge is -2.32. The highest BCUT2D eigenvalue weighted by Gasteiger charge is 2.32. The zero-order valence-corrected chi connectivity index (χ0v) is 17.7. The Morgan fingerprint density at radius 3 is 2.33 bits per heavy atom. The molecule has 0 bridgehead atoms. The molecule has 7 nitrogen and oxygen atoms in total. The van der Waals surface area contributed by atoms with Gasteiger partial charge in [0.05, 0.1) is 6.54 Å². The summed E-state index contributed by atoms with van der Waals surface area (Å²) in [4.78, 5) is 38.0. The summed E-state index contributed by atoms with van der Waals surface area (Å²) in [5, 5.41) is 16.5. The van der Waals surface area contributed by atoms with E-state index in [2.05, 4.69) is 0 Å². The lowest BCUT2D eigenvalue weighted by Crippen LogP contribution is -2.40. The summed E-state index contributed by atoms with van der Waals surface area (Å²) < 4.78 is 0. The van der Waals surface area contributed by atoms with Crippen LogP contribution in [0.25, 0.3) is 0 Å². The van der Waals surface area contributed by atoms with Gasteiger partial charge in [-0.1, -0.05) is 43.5 Å². The summed E-state index contributed by atoms with van der Waals surface area (Å²) in [5.74, 6) is -1.13. The van der Waals surface area contributed by atoms with E-state index in [9.17, 15) is 14.4 Å². The molecule has 2 rings (SSSR count). The van der Waals surface area contributed by atoms with Crippen molar-refractivity contribution in [1.82, 2.24) is 4.90 Å². The number of carboxylic acids is 1. The number of hydrogen-bond acceptors (Lipinski definition) is 4. The van der Waals surface area contributed by atoms with E-state index in [1.165, 1.54) is 4.90 Å². The van der Waals surface area contributed by atoms with Gasteiger partial charge in [-0.2, -0.15) is 0 Å². The summed E-state index contributed by atoms with van der Waals surface area (Å²) >= 11 is 0. The molecule has 0 aliphatic heterocycles. The first kappa shape index (κ1) is 23.6. The van der Waals surface area contributed by atoms with Crippen molar-refractivity contribution in [2.24, 2.45) is 17.6 Å². The second-order valence-electron chi connectivity index (χ2n) is 8.28. The van der Waals surface area contributed by atoms with Gasteiger partial charge >= 0.3 is 5.97 Å². The summed E-state index contributed by atoms with van der Waals surface area (Å²) in [5.41, 5.74) is 7.06. The van der Waals surface area contributed by atoms with Crippen molar-refractivity contribution >= 4 is 23.5 Å². The molecule has 1 aromatic carbocycles. The standard InChI is InChI=1S/C23H33N3O4/c1-26(15-19(27)12-9-16-7-10-18(11-8-16)22(24)25)23(30)20(13-14-21(28)29)17-5-3-2-4-6-17/h7-8,10-11,17,20H,2-6,9,12-15H2,1H3,(H3,24,25)(H,28,29)/t20-/m1/s1. The van der Waals surface area contributed by atoms with E-state index in [0.29, 0.717) is 24.8 Å². The van der Waals surface area contributed by atoms with Crippen molar-refractivity contribution in [3.8, 4) is 0 Å². The van der Waals surface area contributed by atoms with Crippen LogP contribution >= 0.6 is 0 Å². The Morgan fingerprint density at radius 1 is 1.13 bits per heavy atom. The van der Waals surface area contributed by atoms with Gasteiger partial charge in [0.15, 0.2) is 5.78 Å². The maximum Gasteiger partial charge on any atom is 0.303 e. The van der Waals surface area contributed by atoms with Gasteiger partial charge in [-0.05, 0) is 37.2 Å². The average Bonchev–Trinajstić information content (AvgIpc) is 2.73. The van der Waals surface area contributed by atoms with Crippen molar-refractivity contribution in [3.05, 3.63) is 35.4 Å². The smallest absolute Gasteiger partial charge is 0.303 e. The number of rotatable bonds is 11. The van der Waals surface area contributed by atoms with Crippen molar-refractivity contribution in [2.75, 3.05) is 13.6 Å². The molecular weight excluding hydrogens is 382 g/mol. The third-order valence-corrected chi connectivity index (χ3v) is 5.95. The van der Waals surface area contributed by atoms with E-state index in [1.54, 1.807) is 19.2 Å². The Labute approximate surface area is 178 Å². The number of aliphatic carboxylic acids is 1. The topological polar surface area (TPSA) is 125 Å². The van der Waals surface area contributed by atoms with Crippen LogP contribution < -0.4 is 5.73 Å². The van der Waals surface area contributed by atoms with Gasteiger partial charge in [-0.15, -0.1) is 0 Å². The van der Waals surface area contributed by atoms with Crippen LogP contribution in [0, 0.1) is 17.2 Å². The average molecular weight is 416 g/mol. The third kappa shape index (κ3) is 7.28. The Balaban J connectivity index is 1.89. The van der Waals surface area contributed by atoms with Crippen LogP contribution in [0.3, 0.4) is 0 Å². The first-order valence-electron chi connectivity index (χ1n) is 10.7. The molecule has 1 atom stereocenters. The van der Waals surface area contributed by atoms with Gasteiger partial charge in [0, 0.05) is 31.4 Å². The summed E-state index contributed by atoms with van der Waals surface area (Å²) in [6.45, 7) is 0.0423. The minimum Gasteiger partial charge on any atom is -0.481 e. The summed E-state index contributed by atoms with van der Waals surface area (Å²) in [6, 6.07) is 7.22. The number of hydrogen-bond donors (Lipinski definition) is 3. The Kier molecular flexibility index (Phi) is 9.02. The van der Waals surface area contributed by atoms with Gasteiger partial charge < -0.3 is 15.7 Å². The molecule has 0 heterocycles. The highest BCUT2D eigenvalue weighted by molar-refractivity contribution is 5.94. The minimum atomic E-state index is -0.891. The van der Waals surface area contributed by atoms with Gasteiger partial charge in [0.2, 0.25) is 5.91 Å². The van der Waals surface area contributed by atoms with E-state index < -0.39 is 5.97 Å². The first-order valence-corrected chi connectivity index (χ1v) is 10.7. The molecule has 0 saturated heterocycles. The molecule has 0 unspecified atom stereocenters. The predicted molar refractivity (Wildman–Crippen MR) is 115 cm³/mol.